The number of phenols is 1. The zero-order valence-corrected chi connectivity index (χ0v) is 19.8. The van der Waals surface area contributed by atoms with Gasteiger partial charge in [0.15, 0.2) is 9.84 Å². The average Bonchev–Trinajstić information content (AvgIpc) is 3.06. The standard InChI is InChI=1S/C27H27BO5S/c1-18-17-34(31,32)26-16-28(30)33-25(27(18)26)14-12-20(19-7-3-2-4-8-19)15-21-11-13-24(29)23-10-6-5-9-22(21)23/h2-11,13,15,25-26,29-30H,12,14,16-17H2,1H3/b20-15-/t25-,26+/m1/s1. The Hall–Kier alpha value is -2.87. The zero-order valence-electron chi connectivity index (χ0n) is 19.0. The van der Waals surface area contributed by atoms with Crippen molar-refractivity contribution < 1.29 is 23.2 Å². The van der Waals surface area contributed by atoms with Gasteiger partial charge in [0.05, 0.1) is 17.1 Å². The molecule has 5 nitrogen and oxygen atoms in total. The molecule has 1 saturated heterocycles. The highest BCUT2D eigenvalue weighted by Gasteiger charge is 2.47. The minimum Gasteiger partial charge on any atom is -0.507 e. The van der Waals surface area contributed by atoms with Crippen molar-refractivity contribution >= 4 is 39.4 Å². The lowest BCUT2D eigenvalue weighted by Crippen LogP contribution is -2.41. The fourth-order valence-corrected chi connectivity index (χ4v) is 7.46. The lowest BCUT2D eigenvalue weighted by Gasteiger charge is -2.32. The van der Waals surface area contributed by atoms with Gasteiger partial charge in [-0.15, -0.1) is 0 Å². The molecule has 0 bridgehead atoms. The number of rotatable bonds is 5. The number of aromatic hydroxyl groups is 1. The van der Waals surface area contributed by atoms with Gasteiger partial charge < -0.3 is 14.8 Å². The van der Waals surface area contributed by atoms with Crippen LogP contribution in [0.4, 0.5) is 0 Å². The SMILES string of the molecule is CC1=C2[C@@H](CC/C(=C/c3ccc(O)c4ccccc34)c3ccccc3)OB(O)C[C@@H]2S(=O)(=O)C1. The molecular formula is C27H27BO5S. The molecule has 174 valence electrons. The van der Waals surface area contributed by atoms with E-state index in [9.17, 15) is 18.5 Å². The van der Waals surface area contributed by atoms with Gasteiger partial charge in [0, 0.05) is 11.7 Å². The average molecular weight is 474 g/mol. The molecule has 5 rings (SSSR count). The molecule has 2 N–H and O–H groups in total. The van der Waals surface area contributed by atoms with Crippen LogP contribution >= 0.6 is 0 Å². The summed E-state index contributed by atoms with van der Waals surface area (Å²) in [5.74, 6) is 0.287. The Morgan fingerprint density at radius 2 is 1.76 bits per heavy atom. The first-order chi connectivity index (χ1) is 16.3. The van der Waals surface area contributed by atoms with E-state index in [0.717, 1.165) is 38.6 Å². The zero-order chi connectivity index (χ0) is 23.9. The molecule has 0 spiro atoms. The number of hydrogen-bond acceptors (Lipinski definition) is 5. The van der Waals surface area contributed by atoms with Gasteiger partial charge in [-0.3, -0.25) is 0 Å². The molecular weight excluding hydrogens is 447 g/mol. The van der Waals surface area contributed by atoms with Crippen molar-refractivity contribution in [2.45, 2.75) is 37.4 Å². The van der Waals surface area contributed by atoms with Crippen LogP contribution in [-0.4, -0.2) is 42.8 Å². The molecule has 2 aliphatic rings. The summed E-state index contributed by atoms with van der Waals surface area (Å²) >= 11 is 0. The van der Waals surface area contributed by atoms with Crippen LogP contribution in [0, 0.1) is 0 Å². The van der Waals surface area contributed by atoms with E-state index in [1.54, 1.807) is 6.07 Å². The minimum absolute atomic E-state index is 0.0421. The van der Waals surface area contributed by atoms with Gasteiger partial charge in [-0.25, -0.2) is 8.42 Å². The van der Waals surface area contributed by atoms with Gasteiger partial charge in [-0.05, 0) is 53.5 Å². The van der Waals surface area contributed by atoms with Crippen LogP contribution in [0.25, 0.3) is 22.4 Å². The Kier molecular flexibility index (Phi) is 6.10. The highest BCUT2D eigenvalue weighted by Crippen LogP contribution is 2.40. The number of allylic oxidation sites excluding steroid dienone is 1. The van der Waals surface area contributed by atoms with Crippen LogP contribution in [0.2, 0.25) is 6.32 Å². The van der Waals surface area contributed by atoms with E-state index in [-0.39, 0.29) is 17.8 Å². The number of phenolic OH excluding ortho intramolecular Hbond substituents is 1. The summed E-state index contributed by atoms with van der Waals surface area (Å²) in [4.78, 5) is 0. The molecule has 3 aromatic rings. The van der Waals surface area contributed by atoms with E-state index in [0.29, 0.717) is 12.8 Å². The predicted octanol–water partition coefficient (Wildman–Crippen LogP) is 4.86. The van der Waals surface area contributed by atoms with Crippen molar-refractivity contribution in [1.29, 1.82) is 0 Å². The maximum atomic E-state index is 12.6. The first-order valence-corrected chi connectivity index (χ1v) is 13.3. The van der Waals surface area contributed by atoms with Gasteiger partial charge in [0.25, 0.3) is 0 Å². The van der Waals surface area contributed by atoms with Crippen molar-refractivity contribution in [3.63, 3.8) is 0 Å². The maximum Gasteiger partial charge on any atom is 0.456 e. The van der Waals surface area contributed by atoms with Crippen LogP contribution in [-0.2, 0) is 14.5 Å². The van der Waals surface area contributed by atoms with Crippen LogP contribution < -0.4 is 0 Å². The highest BCUT2D eigenvalue weighted by molar-refractivity contribution is 7.92. The Bertz CT molecular complexity index is 1400. The molecule has 0 unspecified atom stereocenters. The number of benzene rings is 3. The van der Waals surface area contributed by atoms with Crippen LogP contribution in [0.5, 0.6) is 5.75 Å². The third-order valence-electron chi connectivity index (χ3n) is 6.86. The van der Waals surface area contributed by atoms with E-state index >= 15 is 0 Å². The molecule has 1 fully saturated rings. The number of hydrogen-bond donors (Lipinski definition) is 2. The first-order valence-electron chi connectivity index (χ1n) is 11.5. The fraction of sp³-hybridized carbons (Fsp3) is 0.259. The van der Waals surface area contributed by atoms with Gasteiger partial charge in [-0.2, -0.15) is 0 Å². The summed E-state index contributed by atoms with van der Waals surface area (Å²) in [5.41, 5.74) is 4.81. The Balaban J connectivity index is 1.51. The molecule has 0 aliphatic carbocycles. The van der Waals surface area contributed by atoms with E-state index < -0.39 is 28.3 Å². The lowest BCUT2D eigenvalue weighted by molar-refractivity contribution is 0.171. The molecule has 0 aromatic heterocycles. The smallest absolute Gasteiger partial charge is 0.456 e. The summed E-state index contributed by atoms with van der Waals surface area (Å²) in [5, 5.41) is 21.6. The summed E-state index contributed by atoms with van der Waals surface area (Å²) < 4.78 is 31.1. The summed E-state index contributed by atoms with van der Waals surface area (Å²) in [6.07, 6.45) is 2.99. The van der Waals surface area contributed by atoms with Gasteiger partial charge in [0.1, 0.15) is 5.75 Å². The van der Waals surface area contributed by atoms with E-state index in [1.807, 2.05) is 55.5 Å². The second kappa shape index (κ2) is 9.06. The van der Waals surface area contributed by atoms with Crippen LogP contribution in [0.15, 0.2) is 77.9 Å². The van der Waals surface area contributed by atoms with E-state index in [1.165, 1.54) is 0 Å². The van der Waals surface area contributed by atoms with E-state index in [2.05, 4.69) is 18.2 Å². The summed E-state index contributed by atoms with van der Waals surface area (Å²) in [6.45, 7) is 1.86. The molecule has 7 heteroatoms. The largest absolute Gasteiger partial charge is 0.507 e. The third kappa shape index (κ3) is 4.31. The molecule has 0 radical (unpaired) electrons. The second-order valence-corrected chi connectivity index (χ2v) is 11.3. The van der Waals surface area contributed by atoms with Crippen molar-refractivity contribution in [1.82, 2.24) is 0 Å². The van der Waals surface area contributed by atoms with Crippen LogP contribution in [0.3, 0.4) is 0 Å². The maximum absolute atomic E-state index is 12.6. The monoisotopic (exact) mass is 474 g/mol. The molecule has 3 aromatic carbocycles. The first kappa shape index (κ1) is 22.9. The number of fused-ring (bicyclic) bond motifs is 2. The van der Waals surface area contributed by atoms with E-state index in [4.69, 9.17) is 4.65 Å². The topological polar surface area (TPSA) is 83.8 Å². The van der Waals surface area contributed by atoms with Crippen molar-refractivity contribution in [2.24, 2.45) is 0 Å². The van der Waals surface area contributed by atoms with Gasteiger partial charge in [0.2, 0.25) is 0 Å². The molecule has 2 aliphatic heterocycles. The molecule has 2 atom stereocenters. The minimum atomic E-state index is -3.28. The normalized spacial score (nSPS) is 22.3. The van der Waals surface area contributed by atoms with Crippen molar-refractivity contribution in [2.75, 3.05) is 5.75 Å². The summed E-state index contributed by atoms with van der Waals surface area (Å²) in [6, 6.07) is 21.4. The van der Waals surface area contributed by atoms with Crippen LogP contribution in [0.1, 0.15) is 30.9 Å². The van der Waals surface area contributed by atoms with Crippen molar-refractivity contribution in [3.05, 3.63) is 89.0 Å². The second-order valence-electron chi connectivity index (χ2n) is 9.14. The number of sulfone groups is 1. The quantitative estimate of drug-likeness (QED) is 0.314. The lowest BCUT2D eigenvalue weighted by atomic mass is 9.74. The Labute approximate surface area is 200 Å². The Morgan fingerprint density at radius 3 is 2.53 bits per heavy atom. The predicted molar refractivity (Wildman–Crippen MR) is 137 cm³/mol. The molecule has 2 heterocycles. The molecule has 34 heavy (non-hydrogen) atoms. The summed E-state index contributed by atoms with van der Waals surface area (Å²) in [7, 11) is -4.36. The molecule has 0 amide bonds. The Morgan fingerprint density at radius 1 is 1.06 bits per heavy atom. The van der Waals surface area contributed by atoms with Gasteiger partial charge >= 0.3 is 7.12 Å². The third-order valence-corrected chi connectivity index (χ3v) is 9.01. The highest BCUT2D eigenvalue weighted by atomic mass is 32.2. The van der Waals surface area contributed by atoms with Gasteiger partial charge in [-0.1, -0.05) is 72.3 Å². The fourth-order valence-electron chi connectivity index (χ4n) is 5.29. The van der Waals surface area contributed by atoms with Crippen molar-refractivity contribution in [3.8, 4) is 5.75 Å². The molecule has 0 saturated carbocycles.